The van der Waals surface area contributed by atoms with Gasteiger partial charge in [-0.2, -0.15) is 0 Å². The summed E-state index contributed by atoms with van der Waals surface area (Å²) in [5.41, 5.74) is 0. The molecule has 0 unspecified atom stereocenters. The summed E-state index contributed by atoms with van der Waals surface area (Å²) in [6.07, 6.45) is 2.03. The minimum atomic E-state index is -0.338. The Morgan fingerprint density at radius 3 is 2.57 bits per heavy atom. The summed E-state index contributed by atoms with van der Waals surface area (Å²) in [5, 5.41) is 2.27. The lowest BCUT2D eigenvalue weighted by Crippen LogP contribution is -1.77. The first-order chi connectivity index (χ1) is 3.41. The Kier molecular flexibility index (Phi) is 1.000. The first kappa shape index (κ1) is 4.78. The zero-order valence-electron chi connectivity index (χ0n) is 3.29. The molecule has 40 valence electrons. The van der Waals surface area contributed by atoms with Gasteiger partial charge in [-0.05, 0) is 26.8 Å². The molecule has 0 aliphatic carbocycles. The summed E-state index contributed by atoms with van der Waals surface area (Å²) in [4.78, 5) is 0. The normalized spacial score (nSPS) is 35.4. The maximum absolute atomic E-state index is 3.11. The fourth-order valence-corrected chi connectivity index (χ4v) is 10.3. The average Bonchev–Trinajstić information content (AvgIpc) is 2.15. The van der Waals surface area contributed by atoms with Crippen LogP contribution in [0.2, 0.25) is 0 Å². The lowest BCUT2D eigenvalue weighted by molar-refractivity contribution is 1.46. The first-order valence-corrected chi connectivity index (χ1v) is 7.94. The third-order valence-corrected chi connectivity index (χ3v) is 13.1. The van der Waals surface area contributed by atoms with Gasteiger partial charge in [0.2, 0.25) is 0 Å². The van der Waals surface area contributed by atoms with E-state index in [1.807, 2.05) is 36.8 Å². The van der Waals surface area contributed by atoms with Crippen molar-refractivity contribution in [3.63, 3.8) is 0 Å². The smallest absolute Gasteiger partial charge is 0.0239 e. The average molecular weight is 169 g/mol. The zero-order chi connectivity index (χ0) is 4.74. The van der Waals surface area contributed by atoms with Gasteiger partial charge in [-0.15, -0.1) is 0 Å². The molecule has 1 N–H and O–H groups in total. The highest BCUT2D eigenvalue weighted by Crippen LogP contribution is 3.01. The van der Waals surface area contributed by atoms with Crippen LogP contribution >= 0.6 is 37.8 Å². The van der Waals surface area contributed by atoms with Crippen LogP contribution in [0.1, 0.15) is 0 Å². The summed E-state index contributed by atoms with van der Waals surface area (Å²) >= 11 is 0. The second-order valence-electron chi connectivity index (χ2n) is 1.13. The summed E-state index contributed by atoms with van der Waals surface area (Å²) < 4.78 is 3.11. The maximum atomic E-state index is 3.11. The van der Waals surface area contributed by atoms with Crippen LogP contribution in [0.15, 0.2) is 11.6 Å². The molecule has 0 bridgehead atoms. The first-order valence-electron chi connectivity index (χ1n) is 1.73. The highest BCUT2D eigenvalue weighted by atomic mass is 34.3. The predicted octanol–water partition coefficient (Wildman–Crippen LogP) is 2.65. The van der Waals surface area contributed by atoms with Crippen molar-refractivity contribution in [2.75, 3.05) is 0 Å². The maximum Gasteiger partial charge on any atom is 0.0239 e. The van der Waals surface area contributed by atoms with Crippen LogP contribution in [0.4, 0.5) is 0 Å². The molecule has 0 aromatic carbocycles. The molecule has 1 spiro atoms. The van der Waals surface area contributed by atoms with E-state index in [0.29, 0.717) is 0 Å². The topological polar surface area (TPSA) is 12.0 Å². The molecule has 5 heteroatoms. The van der Waals surface area contributed by atoms with Gasteiger partial charge in [0.25, 0.3) is 0 Å². The molecule has 0 radical (unpaired) electrons. The summed E-state index contributed by atoms with van der Waals surface area (Å²) in [6.45, 7) is 0. The van der Waals surface area contributed by atoms with E-state index in [2.05, 4.69) is 10.1 Å². The van der Waals surface area contributed by atoms with Crippen LogP contribution in [0.5, 0.6) is 0 Å². The summed E-state index contributed by atoms with van der Waals surface area (Å²) in [7, 11) is 5.50. The van der Waals surface area contributed by atoms with Gasteiger partial charge >= 0.3 is 0 Å². The Morgan fingerprint density at radius 2 is 2.29 bits per heavy atom. The minimum Gasteiger partial charge on any atom is -0.327 e. The number of rotatable bonds is 0. The zero-order valence-corrected chi connectivity index (χ0v) is 6.55. The van der Waals surface area contributed by atoms with Crippen LogP contribution in [-0.4, -0.2) is 0 Å². The molecule has 2 rings (SSSR count). The van der Waals surface area contributed by atoms with Crippen LogP contribution in [0.3, 0.4) is 0 Å². The van der Waals surface area contributed by atoms with Crippen molar-refractivity contribution in [3.05, 3.63) is 11.6 Å². The van der Waals surface area contributed by atoms with Crippen molar-refractivity contribution in [1.82, 2.24) is 4.72 Å². The molecule has 1 saturated heterocycles. The lowest BCUT2D eigenvalue weighted by Gasteiger charge is -1.96. The Morgan fingerprint density at radius 1 is 1.43 bits per heavy atom. The van der Waals surface area contributed by atoms with Crippen LogP contribution in [0.25, 0.3) is 0 Å². The summed E-state index contributed by atoms with van der Waals surface area (Å²) in [5.74, 6) is 0. The van der Waals surface area contributed by atoms with Gasteiger partial charge < -0.3 is 4.72 Å². The molecular weight excluding hydrogens is 166 g/mol. The predicted molar refractivity (Wildman–Crippen MR) is 42.6 cm³/mol. The number of hydrogen-bond donors (Lipinski definition) is 1. The fraction of sp³-hybridized carbons (Fsp3) is 0. The fourth-order valence-electron chi connectivity index (χ4n) is 0.334. The lowest BCUT2D eigenvalue weighted by atomic mass is 11.1. The van der Waals surface area contributed by atoms with E-state index in [1.54, 1.807) is 0 Å². The van der Waals surface area contributed by atoms with Crippen molar-refractivity contribution in [2.24, 2.45) is 0 Å². The highest BCUT2D eigenvalue weighted by Gasteiger charge is 2.42. The second kappa shape index (κ2) is 1.46. The second-order valence-corrected chi connectivity index (χ2v) is 13.5. The molecule has 2 aliphatic rings. The highest BCUT2D eigenvalue weighted by molar-refractivity contribution is 9.84. The van der Waals surface area contributed by atoms with Crippen LogP contribution in [0, 0.1) is 0 Å². The summed E-state index contributed by atoms with van der Waals surface area (Å²) in [6, 6.07) is 0. The third kappa shape index (κ3) is 0.759. The molecule has 0 amide bonds. The van der Waals surface area contributed by atoms with Crippen molar-refractivity contribution >= 4 is 37.8 Å². The van der Waals surface area contributed by atoms with Crippen molar-refractivity contribution in [2.45, 2.75) is 0 Å². The van der Waals surface area contributed by atoms with E-state index in [1.165, 1.54) is 0 Å². The van der Waals surface area contributed by atoms with Crippen LogP contribution in [-0.2, 0) is 0 Å². The number of hydrogen-bond acceptors (Lipinski definition) is 4. The minimum absolute atomic E-state index is 0.338. The quantitative estimate of drug-likeness (QED) is 0.340. The Bertz CT molecular complexity index is 117. The van der Waals surface area contributed by atoms with E-state index in [0.717, 1.165) is 0 Å². The molecule has 1 nitrogen and oxygen atoms in total. The van der Waals surface area contributed by atoms with E-state index >= 15 is 0 Å². The molecule has 0 saturated carbocycles. The largest absolute Gasteiger partial charge is 0.327 e. The molecular formula is C2H3NS4. The number of nitrogens with one attached hydrogen (secondary N) is 1. The van der Waals surface area contributed by atoms with E-state index in [-0.39, 0.29) is 7.12 Å². The monoisotopic (exact) mass is 169 g/mol. The Balaban J connectivity index is 2.22. The van der Waals surface area contributed by atoms with Crippen molar-refractivity contribution < 1.29 is 0 Å². The van der Waals surface area contributed by atoms with Crippen molar-refractivity contribution in [3.8, 4) is 0 Å². The van der Waals surface area contributed by atoms with Gasteiger partial charge in [-0.3, -0.25) is 0 Å². The van der Waals surface area contributed by atoms with Gasteiger partial charge in [-0.25, -0.2) is 0 Å². The van der Waals surface area contributed by atoms with Gasteiger partial charge in [0, 0.05) is 22.6 Å². The molecule has 2 aliphatic heterocycles. The van der Waals surface area contributed by atoms with Gasteiger partial charge in [-0.1, -0.05) is 0 Å². The molecule has 0 aromatic rings. The van der Waals surface area contributed by atoms with Crippen LogP contribution < -0.4 is 4.72 Å². The molecule has 2 heterocycles. The SMILES string of the molecule is C1=CS2(SN1)SS2. The third-order valence-electron chi connectivity index (χ3n) is 0.669. The van der Waals surface area contributed by atoms with Gasteiger partial charge in [0.1, 0.15) is 0 Å². The Hall–Kier alpha value is 0.940. The Labute approximate surface area is 54.1 Å². The van der Waals surface area contributed by atoms with E-state index < -0.39 is 0 Å². The molecule has 7 heavy (non-hydrogen) atoms. The molecule has 0 aromatic heterocycles. The van der Waals surface area contributed by atoms with Gasteiger partial charge in [0.05, 0.1) is 0 Å². The molecule has 1 fully saturated rings. The van der Waals surface area contributed by atoms with E-state index in [9.17, 15) is 0 Å². The van der Waals surface area contributed by atoms with Gasteiger partial charge in [0.15, 0.2) is 0 Å². The standard InChI is InChI=1S/C2H3NS4/c1-2-7(4-3-1)5-6-7/h1-3H. The molecule has 0 atom stereocenters. The van der Waals surface area contributed by atoms with E-state index in [4.69, 9.17) is 0 Å². The van der Waals surface area contributed by atoms with Crippen molar-refractivity contribution in [1.29, 1.82) is 0 Å².